The van der Waals surface area contributed by atoms with Crippen LogP contribution in [0.1, 0.15) is 32.3 Å². The van der Waals surface area contributed by atoms with Crippen LogP contribution >= 0.6 is 24.2 Å². The second-order valence-electron chi connectivity index (χ2n) is 5.60. The standard InChI is InChI=1S/C16H25N3O4S.ClH/c1-4-16(17,5-2)11-18-15(20)10-24-9-12-6-7-14(23-3)13(8-12)19(21)22;/h6-8H,4-5,9-11,17H2,1-3H3,(H,18,20);1H. The number of benzene rings is 1. The van der Waals surface area contributed by atoms with Crippen LogP contribution in [0.2, 0.25) is 0 Å². The zero-order chi connectivity index (χ0) is 18.2. The summed E-state index contributed by atoms with van der Waals surface area (Å²) in [4.78, 5) is 22.4. The lowest BCUT2D eigenvalue weighted by Gasteiger charge is -2.26. The number of halogens is 1. The number of thioether (sulfide) groups is 1. The number of nitrogens with two attached hydrogens (primary N) is 1. The molecule has 1 aromatic carbocycles. The number of nitrogens with zero attached hydrogens (tertiary/aromatic N) is 1. The molecule has 3 N–H and O–H groups in total. The Morgan fingerprint density at radius 1 is 1.40 bits per heavy atom. The fraction of sp³-hybridized carbons (Fsp3) is 0.562. The predicted molar refractivity (Wildman–Crippen MR) is 104 cm³/mol. The predicted octanol–water partition coefficient (Wildman–Crippen LogP) is 2.89. The number of hydrogen-bond donors (Lipinski definition) is 2. The van der Waals surface area contributed by atoms with Gasteiger partial charge in [-0.25, -0.2) is 0 Å². The topological polar surface area (TPSA) is 107 Å². The van der Waals surface area contributed by atoms with E-state index in [1.54, 1.807) is 12.1 Å². The molecule has 0 aliphatic carbocycles. The van der Waals surface area contributed by atoms with Crippen molar-refractivity contribution in [2.45, 2.75) is 38.0 Å². The molecule has 1 aromatic rings. The van der Waals surface area contributed by atoms with Gasteiger partial charge in [0.1, 0.15) is 0 Å². The molecule has 0 atom stereocenters. The molecule has 0 unspecified atom stereocenters. The van der Waals surface area contributed by atoms with Crippen LogP contribution in [0, 0.1) is 10.1 Å². The van der Waals surface area contributed by atoms with Crippen LogP contribution in [0.15, 0.2) is 18.2 Å². The largest absolute Gasteiger partial charge is 0.490 e. The van der Waals surface area contributed by atoms with E-state index < -0.39 is 4.92 Å². The highest BCUT2D eigenvalue weighted by atomic mass is 35.5. The molecule has 0 radical (unpaired) electrons. The minimum atomic E-state index is -0.476. The lowest BCUT2D eigenvalue weighted by Crippen LogP contribution is -2.49. The number of carbonyl (C=O) groups excluding carboxylic acids is 1. The van der Waals surface area contributed by atoms with Gasteiger partial charge in [0.2, 0.25) is 5.91 Å². The number of nitro benzene ring substituents is 1. The summed E-state index contributed by atoms with van der Waals surface area (Å²) in [5.74, 6) is 0.932. The molecule has 7 nitrogen and oxygen atoms in total. The molecule has 0 aliphatic rings. The van der Waals surface area contributed by atoms with Gasteiger partial charge in [0.15, 0.2) is 5.75 Å². The second kappa shape index (κ2) is 11.2. The summed E-state index contributed by atoms with van der Waals surface area (Å²) in [6.45, 7) is 4.45. The summed E-state index contributed by atoms with van der Waals surface area (Å²) < 4.78 is 4.96. The van der Waals surface area contributed by atoms with E-state index in [-0.39, 0.29) is 41.0 Å². The van der Waals surface area contributed by atoms with Gasteiger partial charge in [0.25, 0.3) is 0 Å². The smallest absolute Gasteiger partial charge is 0.311 e. The number of hydrogen-bond acceptors (Lipinski definition) is 6. The highest BCUT2D eigenvalue weighted by molar-refractivity contribution is 7.99. The van der Waals surface area contributed by atoms with Gasteiger partial charge in [-0.1, -0.05) is 19.9 Å². The zero-order valence-electron chi connectivity index (χ0n) is 14.7. The monoisotopic (exact) mass is 391 g/mol. The van der Waals surface area contributed by atoms with Crippen molar-refractivity contribution in [1.29, 1.82) is 0 Å². The molecule has 0 fully saturated rings. The Balaban J connectivity index is 0.00000576. The van der Waals surface area contributed by atoms with Gasteiger partial charge >= 0.3 is 5.69 Å². The second-order valence-corrected chi connectivity index (χ2v) is 6.59. The SMILES string of the molecule is CCC(N)(CC)CNC(=O)CSCc1ccc(OC)c([N+](=O)[O-])c1.Cl. The van der Waals surface area contributed by atoms with Crippen molar-refractivity contribution >= 4 is 35.8 Å². The molecule has 0 aromatic heterocycles. The van der Waals surface area contributed by atoms with Crippen LogP contribution in [0.3, 0.4) is 0 Å². The van der Waals surface area contributed by atoms with Crippen molar-refractivity contribution in [3.8, 4) is 5.75 Å². The van der Waals surface area contributed by atoms with E-state index in [1.165, 1.54) is 24.9 Å². The maximum Gasteiger partial charge on any atom is 0.311 e. The third-order valence-electron chi connectivity index (χ3n) is 3.99. The number of rotatable bonds is 10. The summed E-state index contributed by atoms with van der Waals surface area (Å²) in [7, 11) is 1.39. The van der Waals surface area contributed by atoms with Gasteiger partial charge in [-0.3, -0.25) is 14.9 Å². The lowest BCUT2D eigenvalue weighted by atomic mass is 9.94. The van der Waals surface area contributed by atoms with Crippen LogP contribution in [0.25, 0.3) is 0 Å². The molecular weight excluding hydrogens is 366 g/mol. The van der Waals surface area contributed by atoms with Crippen molar-refractivity contribution in [2.24, 2.45) is 5.73 Å². The first-order chi connectivity index (χ1) is 11.3. The zero-order valence-corrected chi connectivity index (χ0v) is 16.4. The number of ether oxygens (including phenoxy) is 1. The molecule has 1 rings (SSSR count). The molecule has 9 heteroatoms. The third-order valence-corrected chi connectivity index (χ3v) is 4.99. The van der Waals surface area contributed by atoms with Crippen molar-refractivity contribution in [1.82, 2.24) is 5.32 Å². The van der Waals surface area contributed by atoms with Gasteiger partial charge in [-0.15, -0.1) is 24.2 Å². The Hall–Kier alpha value is -1.51. The summed E-state index contributed by atoms with van der Waals surface area (Å²) in [6, 6.07) is 4.80. The van der Waals surface area contributed by atoms with E-state index in [0.717, 1.165) is 18.4 Å². The first kappa shape index (κ1) is 23.5. The molecule has 142 valence electrons. The lowest BCUT2D eigenvalue weighted by molar-refractivity contribution is -0.385. The van der Waals surface area contributed by atoms with Gasteiger partial charge < -0.3 is 15.8 Å². The summed E-state index contributed by atoms with van der Waals surface area (Å²) in [6.07, 6.45) is 1.60. The van der Waals surface area contributed by atoms with Crippen molar-refractivity contribution in [3.63, 3.8) is 0 Å². The fourth-order valence-electron chi connectivity index (χ4n) is 2.06. The molecule has 0 bridgehead atoms. The van der Waals surface area contributed by atoms with Crippen molar-refractivity contribution in [3.05, 3.63) is 33.9 Å². The van der Waals surface area contributed by atoms with Crippen LogP contribution in [-0.4, -0.2) is 35.8 Å². The Morgan fingerprint density at radius 3 is 2.56 bits per heavy atom. The maximum atomic E-state index is 11.9. The van der Waals surface area contributed by atoms with Crippen LogP contribution in [0.4, 0.5) is 5.69 Å². The Labute approximate surface area is 158 Å². The Morgan fingerprint density at radius 2 is 2.04 bits per heavy atom. The average molecular weight is 392 g/mol. The Kier molecular flexibility index (Phi) is 10.5. The van der Waals surface area contributed by atoms with Gasteiger partial charge in [0.05, 0.1) is 17.8 Å². The molecular formula is C16H26ClN3O4S. The normalized spacial score (nSPS) is 10.7. The van der Waals surface area contributed by atoms with Crippen LogP contribution in [0.5, 0.6) is 5.75 Å². The van der Waals surface area contributed by atoms with E-state index >= 15 is 0 Å². The van der Waals surface area contributed by atoms with E-state index in [0.29, 0.717) is 12.3 Å². The molecule has 25 heavy (non-hydrogen) atoms. The van der Waals surface area contributed by atoms with Crippen molar-refractivity contribution in [2.75, 3.05) is 19.4 Å². The average Bonchev–Trinajstić information content (AvgIpc) is 2.59. The Bertz CT molecular complexity index is 582. The number of nitro groups is 1. The molecule has 0 aliphatic heterocycles. The van der Waals surface area contributed by atoms with E-state index in [1.807, 2.05) is 13.8 Å². The van der Waals surface area contributed by atoms with Crippen LogP contribution < -0.4 is 15.8 Å². The van der Waals surface area contributed by atoms with Gasteiger partial charge in [-0.05, 0) is 24.5 Å². The van der Waals surface area contributed by atoms with Gasteiger partial charge in [0, 0.05) is 23.9 Å². The minimum absolute atomic E-state index is 0. The first-order valence-corrected chi connectivity index (χ1v) is 8.95. The van der Waals surface area contributed by atoms with Gasteiger partial charge in [-0.2, -0.15) is 0 Å². The number of nitrogens with one attached hydrogen (secondary N) is 1. The molecule has 1 amide bonds. The minimum Gasteiger partial charge on any atom is -0.490 e. The first-order valence-electron chi connectivity index (χ1n) is 7.79. The molecule has 0 saturated carbocycles. The quantitative estimate of drug-likeness (QED) is 0.469. The summed E-state index contributed by atoms with van der Waals surface area (Å²) >= 11 is 1.40. The number of methoxy groups -OCH3 is 1. The van der Waals surface area contributed by atoms with Crippen molar-refractivity contribution < 1.29 is 14.5 Å². The third kappa shape index (κ3) is 7.50. The molecule has 0 saturated heterocycles. The molecule has 0 spiro atoms. The number of amides is 1. The summed E-state index contributed by atoms with van der Waals surface area (Å²) in [5.41, 5.74) is 6.48. The fourth-order valence-corrected chi connectivity index (χ4v) is 2.86. The van der Waals surface area contributed by atoms with Crippen LogP contribution in [-0.2, 0) is 10.5 Å². The molecule has 0 heterocycles. The van der Waals surface area contributed by atoms with E-state index in [9.17, 15) is 14.9 Å². The summed E-state index contributed by atoms with van der Waals surface area (Å²) in [5, 5.41) is 13.8. The highest BCUT2D eigenvalue weighted by Crippen LogP contribution is 2.28. The number of carbonyl (C=O) groups is 1. The van der Waals surface area contributed by atoms with E-state index in [2.05, 4.69) is 5.32 Å². The maximum absolute atomic E-state index is 11.9. The highest BCUT2D eigenvalue weighted by Gasteiger charge is 2.20. The van der Waals surface area contributed by atoms with E-state index in [4.69, 9.17) is 10.5 Å².